The monoisotopic (exact) mass is 453 g/mol. The summed E-state index contributed by atoms with van der Waals surface area (Å²) in [4.78, 5) is 24.6. The molecule has 3 aromatic rings. The molecule has 0 unspecified atom stereocenters. The minimum Gasteiger partial charge on any atom is -0.496 e. The molecule has 0 radical (unpaired) electrons. The van der Waals surface area contributed by atoms with Gasteiger partial charge in [0.05, 0.1) is 24.0 Å². The summed E-state index contributed by atoms with van der Waals surface area (Å²) in [5, 5.41) is 10.6. The van der Waals surface area contributed by atoms with Crippen LogP contribution in [0.5, 0.6) is 5.75 Å². The van der Waals surface area contributed by atoms with Crippen LogP contribution < -0.4 is 10.1 Å². The highest BCUT2D eigenvalue weighted by molar-refractivity contribution is 8.01. The number of hydrogen-bond donors (Lipinski definition) is 1. The summed E-state index contributed by atoms with van der Waals surface area (Å²) in [6, 6.07) is 10.9. The third kappa shape index (κ3) is 5.36. The molecule has 1 amide bonds. The number of anilines is 1. The summed E-state index contributed by atoms with van der Waals surface area (Å²) < 4.78 is 43.9. The zero-order valence-electron chi connectivity index (χ0n) is 15.4. The quantitative estimate of drug-likeness (QED) is 0.315. The van der Waals surface area contributed by atoms with Crippen LogP contribution in [0.25, 0.3) is 0 Å². The van der Waals surface area contributed by atoms with Gasteiger partial charge in [-0.3, -0.25) is 14.9 Å². The summed E-state index contributed by atoms with van der Waals surface area (Å²) in [5.74, 6) is -0.613. The molecule has 0 saturated heterocycles. The van der Waals surface area contributed by atoms with Gasteiger partial charge >= 0.3 is 6.18 Å². The Morgan fingerprint density at radius 1 is 1.13 bits per heavy atom. The molecular weight excluding hydrogens is 439 g/mol. The fourth-order valence-corrected chi connectivity index (χ4v) is 4.04. The van der Waals surface area contributed by atoms with E-state index >= 15 is 0 Å². The predicted molar refractivity (Wildman–Crippen MR) is 107 cm³/mol. The number of benzene rings is 2. The van der Waals surface area contributed by atoms with Crippen LogP contribution in [-0.4, -0.2) is 34.8 Å². The van der Waals surface area contributed by atoms with E-state index in [0.717, 1.165) is 35.2 Å². The third-order valence-electron chi connectivity index (χ3n) is 3.82. The molecule has 0 spiro atoms. The number of thioether (sulfide) groups is 1. The zero-order valence-corrected chi connectivity index (χ0v) is 17.0. The average Bonchev–Trinajstić information content (AvgIpc) is 3.18. The first-order valence-corrected chi connectivity index (χ1v) is 10.2. The number of Topliss-reactive ketones (excluding diaryl/α,β-unsaturated/α-hetero) is 1. The molecule has 3 rings (SSSR count). The summed E-state index contributed by atoms with van der Waals surface area (Å²) >= 11 is 2.08. The number of carbonyl (C=O) groups excluding carboxylic acids is 2. The molecular formula is C19H14F3N3O3S2. The Morgan fingerprint density at radius 2 is 1.90 bits per heavy atom. The number of carbonyl (C=O) groups is 2. The highest BCUT2D eigenvalue weighted by atomic mass is 32.2. The van der Waals surface area contributed by atoms with Gasteiger partial charge in [0.25, 0.3) is 5.91 Å². The number of halogens is 3. The summed E-state index contributed by atoms with van der Waals surface area (Å²) in [6.45, 7) is 0. The Hall–Kier alpha value is -2.92. The number of nitrogens with one attached hydrogen (secondary N) is 1. The van der Waals surface area contributed by atoms with Crippen molar-refractivity contribution in [2.45, 2.75) is 10.5 Å². The number of hydrogen-bond acceptors (Lipinski definition) is 7. The van der Waals surface area contributed by atoms with E-state index in [1.165, 1.54) is 19.2 Å². The first kappa shape index (κ1) is 21.8. The maximum absolute atomic E-state index is 12.8. The Morgan fingerprint density at radius 3 is 2.63 bits per heavy atom. The van der Waals surface area contributed by atoms with Crippen molar-refractivity contribution in [3.05, 3.63) is 65.2 Å². The molecule has 1 N–H and O–H groups in total. The van der Waals surface area contributed by atoms with E-state index in [9.17, 15) is 22.8 Å². The van der Waals surface area contributed by atoms with Gasteiger partial charge in [-0.25, -0.2) is 0 Å². The lowest BCUT2D eigenvalue weighted by atomic mass is 10.1. The number of amides is 1. The van der Waals surface area contributed by atoms with Gasteiger partial charge in [0.2, 0.25) is 5.13 Å². The van der Waals surface area contributed by atoms with Gasteiger partial charge in [-0.15, -0.1) is 10.2 Å². The standard InChI is InChI=1S/C19H14F3N3O3S2/c1-28-15-8-3-2-7-13(15)16(27)23-17-24-25-18(30-17)29-10-14(26)11-5-4-6-12(9-11)19(20,21)22/h2-9H,10H2,1H3,(H,23,24,27). The van der Waals surface area contributed by atoms with Crippen LogP contribution in [0.4, 0.5) is 18.3 Å². The van der Waals surface area contributed by atoms with Gasteiger partial charge < -0.3 is 4.74 Å². The van der Waals surface area contributed by atoms with E-state index in [0.29, 0.717) is 15.7 Å². The van der Waals surface area contributed by atoms with Gasteiger partial charge in [0.1, 0.15) is 5.75 Å². The van der Waals surface area contributed by atoms with E-state index in [4.69, 9.17) is 4.74 Å². The average molecular weight is 453 g/mol. The molecule has 1 heterocycles. The van der Waals surface area contributed by atoms with Crippen molar-refractivity contribution in [2.75, 3.05) is 18.2 Å². The van der Waals surface area contributed by atoms with Crippen molar-refractivity contribution in [3.8, 4) is 5.75 Å². The van der Waals surface area contributed by atoms with Gasteiger partial charge in [0.15, 0.2) is 10.1 Å². The van der Waals surface area contributed by atoms with Gasteiger partial charge in [-0.1, -0.05) is 47.4 Å². The van der Waals surface area contributed by atoms with Crippen LogP contribution in [0.1, 0.15) is 26.3 Å². The molecule has 0 bridgehead atoms. The summed E-state index contributed by atoms with van der Waals surface area (Å²) in [5.41, 5.74) is -0.591. The lowest BCUT2D eigenvalue weighted by Gasteiger charge is -2.07. The van der Waals surface area contributed by atoms with Crippen LogP contribution in [0.2, 0.25) is 0 Å². The summed E-state index contributed by atoms with van der Waals surface area (Å²) in [6.07, 6.45) is -4.52. The van der Waals surface area contributed by atoms with Gasteiger partial charge in [0, 0.05) is 5.56 Å². The van der Waals surface area contributed by atoms with E-state index in [2.05, 4.69) is 15.5 Å². The lowest BCUT2D eigenvalue weighted by molar-refractivity contribution is -0.137. The van der Waals surface area contributed by atoms with Crippen LogP contribution >= 0.6 is 23.1 Å². The maximum Gasteiger partial charge on any atom is 0.416 e. The van der Waals surface area contributed by atoms with Crippen molar-refractivity contribution in [3.63, 3.8) is 0 Å². The zero-order chi connectivity index (χ0) is 21.7. The fraction of sp³-hybridized carbons (Fsp3) is 0.158. The smallest absolute Gasteiger partial charge is 0.416 e. The maximum atomic E-state index is 12.8. The van der Waals surface area contributed by atoms with Crippen molar-refractivity contribution in [1.29, 1.82) is 0 Å². The normalized spacial score (nSPS) is 11.2. The van der Waals surface area contributed by atoms with Gasteiger partial charge in [-0.2, -0.15) is 13.2 Å². The number of ketones is 1. The SMILES string of the molecule is COc1ccccc1C(=O)Nc1nnc(SCC(=O)c2cccc(C(F)(F)F)c2)s1. The molecule has 0 aliphatic heterocycles. The first-order valence-electron chi connectivity index (χ1n) is 8.39. The largest absolute Gasteiger partial charge is 0.496 e. The second-order valence-electron chi connectivity index (χ2n) is 5.82. The van der Waals surface area contributed by atoms with Crippen LogP contribution in [0.15, 0.2) is 52.9 Å². The number of aromatic nitrogens is 2. The number of ether oxygens (including phenoxy) is 1. The van der Waals surface area contributed by atoms with Crippen LogP contribution in [0, 0.1) is 0 Å². The topological polar surface area (TPSA) is 81.2 Å². The van der Waals surface area contributed by atoms with Crippen molar-refractivity contribution in [1.82, 2.24) is 10.2 Å². The third-order valence-corrected chi connectivity index (χ3v) is 5.79. The van der Waals surface area contributed by atoms with Crippen LogP contribution in [-0.2, 0) is 6.18 Å². The number of para-hydroxylation sites is 1. The van der Waals surface area contributed by atoms with E-state index < -0.39 is 23.4 Å². The molecule has 0 aliphatic rings. The highest BCUT2D eigenvalue weighted by Crippen LogP contribution is 2.31. The second kappa shape index (κ2) is 9.26. The van der Waals surface area contributed by atoms with Crippen molar-refractivity contribution in [2.24, 2.45) is 0 Å². The number of nitrogens with zero attached hydrogens (tertiary/aromatic N) is 2. The number of methoxy groups -OCH3 is 1. The minimum atomic E-state index is -4.52. The first-order chi connectivity index (χ1) is 14.3. The van der Waals surface area contributed by atoms with Crippen LogP contribution in [0.3, 0.4) is 0 Å². The Bertz CT molecular complexity index is 1070. The molecule has 1 aromatic heterocycles. The molecule has 6 nitrogen and oxygen atoms in total. The number of alkyl halides is 3. The molecule has 0 atom stereocenters. The molecule has 0 saturated carbocycles. The molecule has 0 fully saturated rings. The Kier molecular flexibility index (Phi) is 6.73. The fourth-order valence-electron chi connectivity index (χ4n) is 2.39. The van der Waals surface area contributed by atoms with Crippen molar-refractivity contribution >= 4 is 39.9 Å². The van der Waals surface area contributed by atoms with Crippen molar-refractivity contribution < 1.29 is 27.5 Å². The minimum absolute atomic E-state index is 0.0356. The Balaban J connectivity index is 1.61. The molecule has 0 aliphatic carbocycles. The summed E-state index contributed by atoms with van der Waals surface area (Å²) in [7, 11) is 1.45. The van der Waals surface area contributed by atoms with E-state index in [-0.39, 0.29) is 16.4 Å². The molecule has 11 heteroatoms. The molecule has 156 valence electrons. The highest BCUT2D eigenvalue weighted by Gasteiger charge is 2.30. The number of rotatable bonds is 7. The van der Waals surface area contributed by atoms with E-state index in [1.54, 1.807) is 24.3 Å². The molecule has 2 aromatic carbocycles. The lowest BCUT2D eigenvalue weighted by Crippen LogP contribution is -2.12. The second-order valence-corrected chi connectivity index (χ2v) is 8.02. The van der Waals surface area contributed by atoms with E-state index in [1.807, 2.05) is 0 Å². The Labute approximate surface area is 177 Å². The van der Waals surface area contributed by atoms with Gasteiger partial charge in [-0.05, 0) is 24.3 Å². The predicted octanol–water partition coefficient (Wildman–Crippen LogP) is 4.79. The molecule has 30 heavy (non-hydrogen) atoms.